The Morgan fingerprint density at radius 3 is 3.00 bits per heavy atom. The molecule has 0 amide bonds. The summed E-state index contributed by atoms with van der Waals surface area (Å²) in [7, 11) is 1.55. The fraction of sp³-hybridized carbons (Fsp3) is 0.455. The van der Waals surface area contributed by atoms with E-state index in [1.807, 2.05) is 6.92 Å². The van der Waals surface area contributed by atoms with Crippen molar-refractivity contribution in [2.24, 2.45) is 0 Å². The van der Waals surface area contributed by atoms with Gasteiger partial charge in [-0.1, -0.05) is 0 Å². The van der Waals surface area contributed by atoms with Crippen molar-refractivity contribution >= 4 is 11.7 Å². The normalized spacial score (nSPS) is 12.1. The van der Waals surface area contributed by atoms with Crippen molar-refractivity contribution in [1.82, 2.24) is 4.98 Å². The summed E-state index contributed by atoms with van der Waals surface area (Å²) in [6, 6.07) is 1.12. The Hall–Kier alpha value is -1.62. The van der Waals surface area contributed by atoms with Gasteiger partial charge >= 0.3 is 5.97 Å². The topological polar surface area (TPSA) is 71.5 Å². The average molecular weight is 224 g/mol. The largest absolute Gasteiger partial charge is 0.480 e. The van der Waals surface area contributed by atoms with Crippen molar-refractivity contribution in [3.63, 3.8) is 0 Å². The Labute approximate surface area is 94.5 Å². The maximum absolute atomic E-state index is 11.0. The third-order valence-electron chi connectivity index (χ3n) is 2.26. The number of carboxylic acids is 1. The van der Waals surface area contributed by atoms with Crippen LogP contribution in [0.25, 0.3) is 0 Å². The summed E-state index contributed by atoms with van der Waals surface area (Å²) in [5.74, 6) is -0.881. The molecular weight excluding hydrogens is 208 g/mol. The number of hydrogen-bond acceptors (Lipinski definition) is 4. The third kappa shape index (κ3) is 3.51. The van der Waals surface area contributed by atoms with E-state index < -0.39 is 12.0 Å². The smallest absolute Gasteiger partial charge is 0.326 e. The Balaban J connectivity index is 2.68. The molecule has 5 nitrogen and oxygen atoms in total. The van der Waals surface area contributed by atoms with Crippen LogP contribution in [-0.2, 0) is 9.53 Å². The van der Waals surface area contributed by atoms with Crippen LogP contribution in [0.1, 0.15) is 12.0 Å². The molecule has 1 rings (SSSR count). The van der Waals surface area contributed by atoms with Gasteiger partial charge in [0.15, 0.2) is 0 Å². The zero-order chi connectivity index (χ0) is 12.0. The third-order valence-corrected chi connectivity index (χ3v) is 2.26. The highest BCUT2D eigenvalue weighted by Crippen LogP contribution is 2.14. The van der Waals surface area contributed by atoms with Crippen LogP contribution in [0.15, 0.2) is 18.5 Å². The van der Waals surface area contributed by atoms with Gasteiger partial charge in [-0.2, -0.15) is 0 Å². The molecule has 0 saturated carbocycles. The van der Waals surface area contributed by atoms with Crippen LogP contribution < -0.4 is 5.32 Å². The lowest BCUT2D eigenvalue weighted by Gasteiger charge is -2.16. The zero-order valence-corrected chi connectivity index (χ0v) is 9.43. The standard InChI is InChI=1S/C11H16N2O3/c1-8-7-12-5-3-9(8)13-10(11(14)15)4-6-16-2/h3,5,7,10H,4,6H2,1-2H3,(H,12,13)(H,14,15). The molecule has 0 spiro atoms. The van der Waals surface area contributed by atoms with Gasteiger partial charge in [-0.15, -0.1) is 0 Å². The molecule has 1 atom stereocenters. The fourth-order valence-corrected chi connectivity index (χ4v) is 1.32. The molecule has 5 heteroatoms. The molecule has 0 aliphatic heterocycles. The van der Waals surface area contributed by atoms with E-state index in [0.29, 0.717) is 13.0 Å². The van der Waals surface area contributed by atoms with Crippen molar-refractivity contribution in [2.75, 3.05) is 19.0 Å². The van der Waals surface area contributed by atoms with Crippen molar-refractivity contribution in [2.45, 2.75) is 19.4 Å². The number of nitrogens with zero attached hydrogens (tertiary/aromatic N) is 1. The van der Waals surface area contributed by atoms with Gasteiger partial charge in [-0.3, -0.25) is 4.98 Å². The van der Waals surface area contributed by atoms with Crippen LogP contribution in [0, 0.1) is 6.92 Å². The summed E-state index contributed by atoms with van der Waals surface area (Å²) in [6.07, 6.45) is 3.75. The number of hydrogen-bond donors (Lipinski definition) is 2. The number of aromatic nitrogens is 1. The molecule has 1 unspecified atom stereocenters. The van der Waals surface area contributed by atoms with Crippen molar-refractivity contribution < 1.29 is 14.6 Å². The van der Waals surface area contributed by atoms with E-state index in [1.165, 1.54) is 0 Å². The zero-order valence-electron chi connectivity index (χ0n) is 9.43. The van der Waals surface area contributed by atoms with E-state index in [-0.39, 0.29) is 0 Å². The van der Waals surface area contributed by atoms with E-state index in [1.54, 1.807) is 25.6 Å². The maximum atomic E-state index is 11.0. The van der Waals surface area contributed by atoms with E-state index in [2.05, 4.69) is 10.3 Å². The lowest BCUT2D eigenvalue weighted by atomic mass is 10.2. The van der Waals surface area contributed by atoms with Gasteiger partial charge in [-0.25, -0.2) is 4.79 Å². The summed E-state index contributed by atoms with van der Waals surface area (Å²) in [6.45, 7) is 2.29. The van der Waals surface area contributed by atoms with E-state index in [4.69, 9.17) is 9.84 Å². The minimum atomic E-state index is -0.881. The second-order valence-electron chi connectivity index (χ2n) is 3.51. The first kappa shape index (κ1) is 12.4. The first-order valence-corrected chi connectivity index (χ1v) is 5.04. The number of methoxy groups -OCH3 is 1. The highest BCUT2D eigenvalue weighted by Gasteiger charge is 2.17. The van der Waals surface area contributed by atoms with E-state index in [9.17, 15) is 4.79 Å². The van der Waals surface area contributed by atoms with Gasteiger partial charge in [0, 0.05) is 38.2 Å². The predicted molar refractivity (Wildman–Crippen MR) is 60.5 cm³/mol. The summed E-state index contributed by atoms with van der Waals surface area (Å²) in [5, 5.41) is 12.0. The van der Waals surface area contributed by atoms with Gasteiger partial charge in [0.05, 0.1) is 0 Å². The van der Waals surface area contributed by atoms with Gasteiger partial charge in [-0.05, 0) is 18.6 Å². The van der Waals surface area contributed by atoms with Crippen LogP contribution in [-0.4, -0.2) is 35.8 Å². The number of carbonyl (C=O) groups is 1. The molecule has 0 aliphatic rings. The van der Waals surface area contributed by atoms with Crippen LogP contribution in [0.5, 0.6) is 0 Å². The molecule has 2 N–H and O–H groups in total. The molecular formula is C11H16N2O3. The van der Waals surface area contributed by atoms with Crippen LogP contribution >= 0.6 is 0 Å². The Kier molecular flexibility index (Phi) is 4.72. The first-order chi connectivity index (χ1) is 7.65. The second-order valence-corrected chi connectivity index (χ2v) is 3.51. The number of carboxylic acid groups (broad SMARTS) is 1. The van der Waals surface area contributed by atoms with E-state index in [0.717, 1.165) is 11.3 Å². The average Bonchev–Trinajstić information content (AvgIpc) is 2.26. The fourth-order valence-electron chi connectivity index (χ4n) is 1.32. The highest BCUT2D eigenvalue weighted by molar-refractivity contribution is 5.77. The molecule has 1 heterocycles. The van der Waals surface area contributed by atoms with Gasteiger partial charge < -0.3 is 15.2 Å². The summed E-state index contributed by atoms with van der Waals surface area (Å²) >= 11 is 0. The predicted octanol–water partition coefficient (Wildman–Crippen LogP) is 1.29. The lowest BCUT2D eigenvalue weighted by molar-refractivity contribution is -0.138. The minimum Gasteiger partial charge on any atom is -0.480 e. The number of pyridine rings is 1. The minimum absolute atomic E-state index is 0.411. The van der Waals surface area contributed by atoms with E-state index >= 15 is 0 Å². The van der Waals surface area contributed by atoms with Crippen molar-refractivity contribution in [3.8, 4) is 0 Å². The Morgan fingerprint density at radius 1 is 1.69 bits per heavy atom. The molecule has 0 radical (unpaired) electrons. The Morgan fingerprint density at radius 2 is 2.44 bits per heavy atom. The van der Waals surface area contributed by atoms with Crippen LogP contribution in [0.2, 0.25) is 0 Å². The van der Waals surface area contributed by atoms with Crippen molar-refractivity contribution in [1.29, 1.82) is 0 Å². The highest BCUT2D eigenvalue weighted by atomic mass is 16.5. The molecule has 1 aromatic heterocycles. The van der Waals surface area contributed by atoms with Crippen molar-refractivity contribution in [3.05, 3.63) is 24.0 Å². The number of aryl methyl sites for hydroxylation is 1. The molecule has 0 aliphatic carbocycles. The molecule has 88 valence electrons. The maximum Gasteiger partial charge on any atom is 0.326 e. The molecule has 0 aromatic carbocycles. The molecule has 1 aromatic rings. The molecule has 16 heavy (non-hydrogen) atoms. The summed E-state index contributed by atoms with van der Waals surface area (Å²) in [4.78, 5) is 14.9. The number of ether oxygens (including phenoxy) is 1. The molecule has 0 fully saturated rings. The Bertz CT molecular complexity index is 355. The lowest BCUT2D eigenvalue weighted by Crippen LogP contribution is -2.30. The molecule has 0 bridgehead atoms. The molecule has 0 saturated heterocycles. The van der Waals surface area contributed by atoms with Gasteiger partial charge in [0.1, 0.15) is 6.04 Å². The monoisotopic (exact) mass is 224 g/mol. The number of anilines is 1. The number of aliphatic carboxylic acids is 1. The number of nitrogens with one attached hydrogen (secondary N) is 1. The van der Waals surface area contributed by atoms with Crippen LogP contribution in [0.3, 0.4) is 0 Å². The quantitative estimate of drug-likeness (QED) is 0.761. The number of rotatable bonds is 6. The van der Waals surface area contributed by atoms with Crippen LogP contribution in [0.4, 0.5) is 5.69 Å². The summed E-state index contributed by atoms with van der Waals surface area (Å²) < 4.78 is 4.87. The first-order valence-electron chi connectivity index (χ1n) is 5.04. The van der Waals surface area contributed by atoms with Gasteiger partial charge in [0.25, 0.3) is 0 Å². The van der Waals surface area contributed by atoms with Gasteiger partial charge in [0.2, 0.25) is 0 Å². The SMILES string of the molecule is COCCC(Nc1ccncc1C)C(=O)O. The second kappa shape index (κ2) is 6.07. The summed E-state index contributed by atoms with van der Waals surface area (Å²) in [5.41, 5.74) is 1.71.